The van der Waals surface area contributed by atoms with Crippen molar-refractivity contribution in [2.75, 3.05) is 25.3 Å². The highest BCUT2D eigenvalue weighted by molar-refractivity contribution is 7.94. The molecule has 0 saturated heterocycles. The largest absolute Gasteiger partial charge is 0.493 e. The second kappa shape index (κ2) is 11.3. The smallest absolute Gasteiger partial charge is 0.225 e. The van der Waals surface area contributed by atoms with Crippen molar-refractivity contribution in [1.82, 2.24) is 9.78 Å². The van der Waals surface area contributed by atoms with Gasteiger partial charge >= 0.3 is 0 Å². The van der Waals surface area contributed by atoms with E-state index in [0.717, 1.165) is 16.5 Å². The first kappa shape index (κ1) is 24.1. The van der Waals surface area contributed by atoms with E-state index < -0.39 is 9.84 Å². The van der Waals surface area contributed by atoms with Crippen LogP contribution in [0.1, 0.15) is 17.5 Å². The third-order valence-corrected chi connectivity index (χ3v) is 6.20. The summed E-state index contributed by atoms with van der Waals surface area (Å²) >= 11 is 0. The average molecular weight is 470 g/mol. The number of carbonyl (C=O) groups excluding carboxylic acids is 1. The Morgan fingerprint density at radius 1 is 1.09 bits per heavy atom. The molecule has 1 N–H and O–H groups in total. The summed E-state index contributed by atoms with van der Waals surface area (Å²) in [4.78, 5) is 12.2. The van der Waals surface area contributed by atoms with E-state index in [-0.39, 0.29) is 18.1 Å². The third-order valence-electron chi connectivity index (χ3n) is 4.88. The van der Waals surface area contributed by atoms with Crippen molar-refractivity contribution in [2.45, 2.75) is 19.4 Å². The van der Waals surface area contributed by atoms with Crippen molar-refractivity contribution < 1.29 is 22.7 Å². The molecule has 3 rings (SSSR count). The summed E-state index contributed by atoms with van der Waals surface area (Å²) in [5, 5.41) is 8.08. The van der Waals surface area contributed by atoms with Gasteiger partial charge in [0.1, 0.15) is 0 Å². The molecule has 33 heavy (non-hydrogen) atoms. The summed E-state index contributed by atoms with van der Waals surface area (Å²) in [7, 11) is -0.310. The van der Waals surface area contributed by atoms with Gasteiger partial charge in [0.2, 0.25) is 5.91 Å². The fourth-order valence-corrected chi connectivity index (χ4v) is 4.07. The molecule has 2 aromatic carbocycles. The van der Waals surface area contributed by atoms with Crippen molar-refractivity contribution in [3.63, 3.8) is 0 Å². The number of anilines is 1. The lowest BCUT2D eigenvalue weighted by atomic mass is 10.1. The molecule has 0 aliphatic rings. The zero-order chi connectivity index (χ0) is 23.7. The molecule has 3 aromatic rings. The minimum Gasteiger partial charge on any atom is -0.493 e. The van der Waals surface area contributed by atoms with E-state index in [9.17, 15) is 13.2 Å². The van der Waals surface area contributed by atoms with Crippen LogP contribution in [0.15, 0.2) is 66.3 Å². The van der Waals surface area contributed by atoms with E-state index in [1.807, 2.05) is 48.5 Å². The SMILES string of the molecule is COc1ccc(CCn2cc(NC(=O)CCS(=O)(=O)C=Cc3ccccc3)cn2)cc1OC. The van der Waals surface area contributed by atoms with Gasteiger partial charge in [0.05, 0.1) is 31.9 Å². The second-order valence-electron chi connectivity index (χ2n) is 7.31. The van der Waals surface area contributed by atoms with Crippen LogP contribution in [0.3, 0.4) is 0 Å². The van der Waals surface area contributed by atoms with Gasteiger partial charge in [-0.05, 0) is 35.8 Å². The molecule has 0 aliphatic carbocycles. The number of nitrogens with zero attached hydrogens (tertiary/aromatic N) is 2. The van der Waals surface area contributed by atoms with E-state index in [1.165, 1.54) is 12.3 Å². The number of methoxy groups -OCH3 is 2. The van der Waals surface area contributed by atoms with Gasteiger partial charge in [-0.2, -0.15) is 5.10 Å². The van der Waals surface area contributed by atoms with Crippen molar-refractivity contribution in [3.8, 4) is 11.5 Å². The summed E-state index contributed by atoms with van der Waals surface area (Å²) in [5.41, 5.74) is 2.36. The normalized spacial score (nSPS) is 11.5. The maximum absolute atomic E-state index is 12.2. The number of benzene rings is 2. The summed E-state index contributed by atoms with van der Waals surface area (Å²) in [6, 6.07) is 14.9. The van der Waals surface area contributed by atoms with E-state index >= 15 is 0 Å². The molecule has 0 spiro atoms. The Balaban J connectivity index is 1.48. The molecular weight excluding hydrogens is 442 g/mol. The van der Waals surface area contributed by atoms with Gasteiger partial charge in [0.15, 0.2) is 21.3 Å². The lowest BCUT2D eigenvalue weighted by Gasteiger charge is -2.09. The van der Waals surface area contributed by atoms with Crippen LogP contribution in [-0.2, 0) is 27.6 Å². The van der Waals surface area contributed by atoms with Crippen molar-refractivity contribution in [3.05, 3.63) is 77.5 Å². The zero-order valence-corrected chi connectivity index (χ0v) is 19.4. The van der Waals surface area contributed by atoms with Crippen LogP contribution in [0.2, 0.25) is 0 Å². The van der Waals surface area contributed by atoms with Crippen LogP contribution in [0.25, 0.3) is 6.08 Å². The number of rotatable bonds is 11. The molecule has 1 aromatic heterocycles. The highest BCUT2D eigenvalue weighted by atomic mass is 32.2. The molecule has 1 amide bonds. The Labute approximate surface area is 193 Å². The van der Waals surface area contributed by atoms with E-state index in [4.69, 9.17) is 9.47 Å². The Kier molecular flexibility index (Phi) is 8.26. The Bertz CT molecular complexity index is 1200. The molecule has 0 bridgehead atoms. The van der Waals surface area contributed by atoms with Gasteiger partial charge in [0.25, 0.3) is 0 Å². The Morgan fingerprint density at radius 2 is 1.85 bits per heavy atom. The zero-order valence-electron chi connectivity index (χ0n) is 18.6. The van der Waals surface area contributed by atoms with Crippen LogP contribution < -0.4 is 14.8 Å². The molecule has 9 heteroatoms. The average Bonchev–Trinajstić information content (AvgIpc) is 3.28. The van der Waals surface area contributed by atoms with E-state index in [1.54, 1.807) is 25.1 Å². The molecule has 1 heterocycles. The third kappa shape index (κ3) is 7.50. The van der Waals surface area contributed by atoms with Crippen LogP contribution in [0, 0.1) is 0 Å². The topological polar surface area (TPSA) is 99.5 Å². The minimum absolute atomic E-state index is 0.141. The number of nitrogens with one attached hydrogen (secondary N) is 1. The van der Waals surface area contributed by atoms with Crippen LogP contribution >= 0.6 is 0 Å². The predicted octanol–water partition coefficient (Wildman–Crippen LogP) is 3.56. The summed E-state index contributed by atoms with van der Waals surface area (Å²) in [6.07, 6.45) is 5.34. The molecule has 0 unspecified atom stereocenters. The van der Waals surface area contributed by atoms with E-state index in [0.29, 0.717) is 30.2 Å². The Morgan fingerprint density at radius 3 is 2.58 bits per heavy atom. The molecule has 0 atom stereocenters. The van der Waals surface area contributed by atoms with Gasteiger partial charge in [-0.1, -0.05) is 36.4 Å². The predicted molar refractivity (Wildman–Crippen MR) is 128 cm³/mol. The lowest BCUT2D eigenvalue weighted by molar-refractivity contribution is -0.115. The number of aromatic nitrogens is 2. The maximum atomic E-state index is 12.2. The number of hydrogen-bond acceptors (Lipinski definition) is 6. The molecule has 0 radical (unpaired) electrons. The van der Waals surface area contributed by atoms with Gasteiger partial charge in [-0.15, -0.1) is 0 Å². The molecule has 174 valence electrons. The lowest BCUT2D eigenvalue weighted by Crippen LogP contribution is -2.16. The highest BCUT2D eigenvalue weighted by Crippen LogP contribution is 2.27. The fraction of sp³-hybridized carbons (Fsp3) is 0.250. The van der Waals surface area contributed by atoms with Crippen LogP contribution in [-0.4, -0.2) is 44.1 Å². The minimum atomic E-state index is -3.49. The highest BCUT2D eigenvalue weighted by Gasteiger charge is 2.12. The molecular formula is C24H27N3O5S. The van der Waals surface area contributed by atoms with Gasteiger partial charge < -0.3 is 14.8 Å². The van der Waals surface area contributed by atoms with Crippen LogP contribution in [0.4, 0.5) is 5.69 Å². The maximum Gasteiger partial charge on any atom is 0.225 e. The van der Waals surface area contributed by atoms with Crippen molar-refractivity contribution in [2.24, 2.45) is 0 Å². The van der Waals surface area contributed by atoms with E-state index in [2.05, 4.69) is 10.4 Å². The van der Waals surface area contributed by atoms with Gasteiger partial charge in [0, 0.05) is 24.6 Å². The van der Waals surface area contributed by atoms with Crippen molar-refractivity contribution >= 4 is 27.5 Å². The fourth-order valence-electron chi connectivity index (χ4n) is 3.10. The first-order valence-corrected chi connectivity index (χ1v) is 12.1. The second-order valence-corrected chi connectivity index (χ2v) is 9.32. The monoisotopic (exact) mass is 469 g/mol. The first-order chi connectivity index (χ1) is 15.9. The standard InChI is InChI=1S/C24H27N3O5S/c1-31-22-9-8-20(16-23(22)32-2)10-13-27-18-21(17-25-27)26-24(28)12-15-33(29,30)14-11-19-6-4-3-5-7-19/h3-9,11,14,16-18H,10,12-13,15H2,1-2H3,(H,26,28). The number of amides is 1. The Hall–Kier alpha value is -3.59. The van der Waals surface area contributed by atoms with Gasteiger partial charge in [-0.25, -0.2) is 8.42 Å². The van der Waals surface area contributed by atoms with Crippen molar-refractivity contribution in [1.29, 1.82) is 0 Å². The van der Waals surface area contributed by atoms with Gasteiger partial charge in [-0.3, -0.25) is 9.48 Å². The van der Waals surface area contributed by atoms with Crippen LogP contribution in [0.5, 0.6) is 11.5 Å². The first-order valence-electron chi connectivity index (χ1n) is 10.4. The summed E-state index contributed by atoms with van der Waals surface area (Å²) in [6.45, 7) is 0.601. The molecule has 0 aliphatic heterocycles. The molecule has 8 nitrogen and oxygen atoms in total. The molecule has 0 saturated carbocycles. The number of hydrogen-bond donors (Lipinski definition) is 1. The summed E-state index contributed by atoms with van der Waals surface area (Å²) in [5.74, 6) is 0.682. The summed E-state index contributed by atoms with van der Waals surface area (Å²) < 4.78 is 36.6. The quantitative estimate of drug-likeness (QED) is 0.461. The number of aryl methyl sites for hydroxylation is 2. The number of sulfone groups is 1. The number of carbonyl (C=O) groups is 1. The number of ether oxygens (including phenoxy) is 2. The molecule has 0 fully saturated rings.